The lowest BCUT2D eigenvalue weighted by atomic mass is 10.1. The Morgan fingerprint density at radius 1 is 1.10 bits per heavy atom. The van der Waals surface area contributed by atoms with Gasteiger partial charge >= 0.3 is 0 Å². The maximum atomic E-state index is 12.2. The van der Waals surface area contributed by atoms with Crippen molar-refractivity contribution in [2.45, 2.75) is 26.2 Å². The number of anilines is 1. The zero-order valence-electron chi connectivity index (χ0n) is 16.4. The molecule has 6 nitrogen and oxygen atoms in total. The molecule has 0 bridgehead atoms. The van der Waals surface area contributed by atoms with Crippen molar-refractivity contribution in [3.63, 3.8) is 0 Å². The van der Waals surface area contributed by atoms with Gasteiger partial charge in [0.2, 0.25) is 0 Å². The number of rotatable bonds is 3. The molecule has 0 radical (unpaired) electrons. The number of carbonyl (C=O) groups excluding carboxylic acids is 1. The molecule has 30 heavy (non-hydrogen) atoms. The molecule has 1 saturated heterocycles. The first-order valence-electron chi connectivity index (χ1n) is 9.90. The van der Waals surface area contributed by atoms with E-state index in [2.05, 4.69) is 23.0 Å². The Morgan fingerprint density at radius 3 is 2.57 bits per heavy atom. The molecule has 3 heterocycles. The average molecular weight is 443 g/mol. The minimum atomic E-state index is -0.654. The molecule has 8 heteroatoms. The molecular formula is C22H20Cl2N4O2. The summed E-state index contributed by atoms with van der Waals surface area (Å²) in [5.41, 5.74) is 10.3. The van der Waals surface area contributed by atoms with E-state index in [9.17, 15) is 4.79 Å². The second-order valence-corrected chi connectivity index (χ2v) is 8.50. The zero-order valence-corrected chi connectivity index (χ0v) is 17.9. The Kier molecular flexibility index (Phi) is 4.64. The number of carbonyl (C=O) groups is 1. The third kappa shape index (κ3) is 2.94. The van der Waals surface area contributed by atoms with Crippen molar-refractivity contribution in [3.05, 3.63) is 51.6 Å². The lowest BCUT2D eigenvalue weighted by molar-refractivity contribution is 0.0996. The largest absolute Gasteiger partial charge is 0.450 e. The summed E-state index contributed by atoms with van der Waals surface area (Å²) in [6, 6.07) is 9.20. The molecule has 1 fully saturated rings. The van der Waals surface area contributed by atoms with Crippen molar-refractivity contribution in [3.8, 4) is 5.69 Å². The van der Waals surface area contributed by atoms with Crippen LogP contribution in [0.15, 0.2) is 34.7 Å². The van der Waals surface area contributed by atoms with E-state index in [1.165, 1.54) is 6.42 Å². The van der Waals surface area contributed by atoms with E-state index in [1.54, 1.807) is 22.9 Å². The normalized spacial score (nSPS) is 14.7. The first kappa shape index (κ1) is 19.3. The number of aromatic nitrogens is 2. The van der Waals surface area contributed by atoms with Crippen LogP contribution in [0.4, 0.5) is 5.69 Å². The Morgan fingerprint density at radius 2 is 1.87 bits per heavy atom. The van der Waals surface area contributed by atoms with E-state index < -0.39 is 5.91 Å². The molecule has 0 spiro atoms. The van der Waals surface area contributed by atoms with Gasteiger partial charge < -0.3 is 15.1 Å². The molecule has 154 valence electrons. The SMILES string of the molecule is Cc1ccc2c(oc3c(C(N)=O)nn(-c4ccc(Cl)cc4Cl)c32)c1N1CCCCC1. The molecule has 2 aromatic heterocycles. The van der Waals surface area contributed by atoms with Crippen LogP contribution in [0.1, 0.15) is 35.3 Å². The second kappa shape index (κ2) is 7.22. The first-order valence-corrected chi connectivity index (χ1v) is 10.7. The number of amides is 1. The highest BCUT2D eigenvalue weighted by atomic mass is 35.5. The van der Waals surface area contributed by atoms with Crippen LogP contribution in [0.25, 0.3) is 27.8 Å². The molecule has 2 aromatic carbocycles. The third-order valence-electron chi connectivity index (χ3n) is 5.68. The summed E-state index contributed by atoms with van der Waals surface area (Å²) in [6.07, 6.45) is 3.54. The number of primary amides is 1. The Labute approximate surface area is 183 Å². The topological polar surface area (TPSA) is 77.3 Å². The maximum absolute atomic E-state index is 12.2. The van der Waals surface area contributed by atoms with Gasteiger partial charge in [0.25, 0.3) is 5.91 Å². The monoisotopic (exact) mass is 442 g/mol. The molecule has 4 aromatic rings. The van der Waals surface area contributed by atoms with Crippen molar-refractivity contribution in [1.82, 2.24) is 9.78 Å². The van der Waals surface area contributed by atoms with Crippen LogP contribution in [0.3, 0.4) is 0 Å². The highest BCUT2D eigenvalue weighted by Crippen LogP contribution is 2.41. The Balaban J connectivity index is 1.84. The summed E-state index contributed by atoms with van der Waals surface area (Å²) in [6.45, 7) is 4.04. The number of nitrogens with two attached hydrogens (primary N) is 1. The molecular weight excluding hydrogens is 423 g/mol. The fourth-order valence-electron chi connectivity index (χ4n) is 4.30. The van der Waals surface area contributed by atoms with Gasteiger partial charge in [0.15, 0.2) is 16.9 Å². The molecule has 0 atom stereocenters. The zero-order chi connectivity index (χ0) is 21.0. The van der Waals surface area contributed by atoms with Gasteiger partial charge in [0.05, 0.1) is 16.4 Å². The van der Waals surface area contributed by atoms with Gasteiger partial charge in [-0.3, -0.25) is 4.79 Å². The molecule has 0 unspecified atom stereocenters. The standard InChI is InChI=1S/C22H20Cl2N4O2/c1-12-5-7-14-19-21(30-20(14)18(12)27-9-3-2-4-10-27)17(22(25)29)26-28(19)16-8-6-13(23)11-15(16)24/h5-8,11H,2-4,9-10H2,1H3,(H2,25,29). The molecule has 1 amide bonds. The van der Waals surface area contributed by atoms with Gasteiger partial charge in [0.1, 0.15) is 5.52 Å². The highest BCUT2D eigenvalue weighted by molar-refractivity contribution is 6.35. The van der Waals surface area contributed by atoms with E-state index in [0.29, 0.717) is 26.8 Å². The number of halogens is 2. The smallest absolute Gasteiger partial charge is 0.273 e. The van der Waals surface area contributed by atoms with Crippen molar-refractivity contribution in [1.29, 1.82) is 0 Å². The van der Waals surface area contributed by atoms with Crippen LogP contribution in [-0.4, -0.2) is 28.8 Å². The van der Waals surface area contributed by atoms with Crippen LogP contribution in [0.5, 0.6) is 0 Å². The van der Waals surface area contributed by atoms with Gasteiger partial charge in [-0.25, -0.2) is 4.68 Å². The molecule has 5 rings (SSSR count). The summed E-state index contributed by atoms with van der Waals surface area (Å²) in [4.78, 5) is 14.5. The summed E-state index contributed by atoms with van der Waals surface area (Å²) in [5.74, 6) is -0.654. The summed E-state index contributed by atoms with van der Waals surface area (Å²) < 4.78 is 7.90. The van der Waals surface area contributed by atoms with E-state index in [4.69, 9.17) is 33.4 Å². The number of nitrogens with zero attached hydrogens (tertiary/aromatic N) is 3. The lowest BCUT2D eigenvalue weighted by Gasteiger charge is -2.30. The maximum Gasteiger partial charge on any atom is 0.273 e. The molecule has 0 saturated carbocycles. The van der Waals surface area contributed by atoms with Crippen LogP contribution in [0, 0.1) is 6.92 Å². The highest BCUT2D eigenvalue weighted by Gasteiger charge is 2.27. The predicted octanol–water partition coefficient (Wildman–Crippen LogP) is 5.48. The summed E-state index contributed by atoms with van der Waals surface area (Å²) in [7, 11) is 0. The molecule has 0 aliphatic carbocycles. The first-order chi connectivity index (χ1) is 14.5. The quantitative estimate of drug-likeness (QED) is 0.455. The number of hydrogen-bond donors (Lipinski definition) is 1. The van der Waals surface area contributed by atoms with Crippen LogP contribution in [0.2, 0.25) is 10.0 Å². The Bertz CT molecular complexity index is 1300. The number of aryl methyl sites for hydroxylation is 1. The van der Waals surface area contributed by atoms with Gasteiger partial charge in [-0.05, 0) is 56.0 Å². The number of furan rings is 1. The van der Waals surface area contributed by atoms with Crippen LogP contribution >= 0.6 is 23.2 Å². The minimum Gasteiger partial charge on any atom is -0.450 e. The van der Waals surface area contributed by atoms with Crippen LogP contribution in [-0.2, 0) is 0 Å². The summed E-state index contributed by atoms with van der Waals surface area (Å²) >= 11 is 12.5. The van der Waals surface area contributed by atoms with E-state index >= 15 is 0 Å². The van der Waals surface area contributed by atoms with Crippen molar-refractivity contribution in [2.75, 3.05) is 18.0 Å². The fraction of sp³-hybridized carbons (Fsp3) is 0.273. The number of piperidine rings is 1. The number of fused-ring (bicyclic) bond motifs is 3. The van der Waals surface area contributed by atoms with Gasteiger partial charge in [-0.1, -0.05) is 29.3 Å². The molecule has 1 aliphatic heterocycles. The minimum absolute atomic E-state index is 0.0782. The third-order valence-corrected chi connectivity index (χ3v) is 6.22. The van der Waals surface area contributed by atoms with Gasteiger partial charge in [-0.2, -0.15) is 5.10 Å². The molecule has 1 aliphatic rings. The van der Waals surface area contributed by atoms with Gasteiger partial charge in [0, 0.05) is 23.5 Å². The van der Waals surface area contributed by atoms with Crippen molar-refractivity contribution >= 4 is 56.9 Å². The van der Waals surface area contributed by atoms with Gasteiger partial charge in [-0.15, -0.1) is 0 Å². The van der Waals surface area contributed by atoms with E-state index in [0.717, 1.165) is 48.2 Å². The number of hydrogen-bond acceptors (Lipinski definition) is 4. The van der Waals surface area contributed by atoms with Crippen molar-refractivity contribution in [2.24, 2.45) is 5.73 Å². The van der Waals surface area contributed by atoms with Crippen LogP contribution < -0.4 is 10.6 Å². The lowest BCUT2D eigenvalue weighted by Crippen LogP contribution is -2.30. The predicted molar refractivity (Wildman–Crippen MR) is 120 cm³/mol. The molecule has 2 N–H and O–H groups in total. The second-order valence-electron chi connectivity index (χ2n) is 7.66. The van der Waals surface area contributed by atoms with E-state index in [-0.39, 0.29) is 5.69 Å². The Hall–Kier alpha value is -2.70. The van der Waals surface area contributed by atoms with E-state index in [1.807, 2.05) is 6.07 Å². The number of benzene rings is 2. The summed E-state index contributed by atoms with van der Waals surface area (Å²) in [5, 5.41) is 6.23. The van der Waals surface area contributed by atoms with Crippen molar-refractivity contribution < 1.29 is 9.21 Å². The average Bonchev–Trinajstić information content (AvgIpc) is 3.26. The fourth-order valence-corrected chi connectivity index (χ4v) is 4.79.